The van der Waals surface area contributed by atoms with E-state index in [1.165, 1.54) is 17.2 Å². The minimum absolute atomic E-state index is 0.223. The zero-order valence-corrected chi connectivity index (χ0v) is 23.5. The number of nitrogens with two attached hydrogens (primary N) is 2. The van der Waals surface area contributed by atoms with E-state index >= 15 is 0 Å². The van der Waals surface area contributed by atoms with Crippen LogP contribution in [0.5, 0.6) is 11.5 Å². The number of nitrogens with one attached hydrogen (secondary N) is 1. The molecule has 7 N–H and O–H groups in total. The fourth-order valence-electron chi connectivity index (χ4n) is 4.78. The van der Waals surface area contributed by atoms with Crippen LogP contribution in [0.25, 0.3) is 11.2 Å². The van der Waals surface area contributed by atoms with Crippen LogP contribution in [0, 0.1) is 0 Å². The Bertz CT molecular complexity index is 1570. The number of fused-ring (bicyclic) bond motifs is 1. The van der Waals surface area contributed by atoms with Gasteiger partial charge < -0.3 is 41.2 Å². The van der Waals surface area contributed by atoms with Crippen molar-refractivity contribution in [1.82, 2.24) is 19.5 Å². The van der Waals surface area contributed by atoms with Crippen LogP contribution in [0.15, 0.2) is 61.2 Å². The molecule has 0 unspecified atom stereocenters. The van der Waals surface area contributed by atoms with Crippen molar-refractivity contribution in [2.75, 3.05) is 19.0 Å². The van der Waals surface area contributed by atoms with Crippen LogP contribution in [0.1, 0.15) is 17.5 Å². The highest BCUT2D eigenvalue weighted by molar-refractivity contribution is 7.80. The smallest absolute Gasteiger partial charge is 0.228 e. The average molecular weight is 594 g/mol. The van der Waals surface area contributed by atoms with Crippen LogP contribution in [0.3, 0.4) is 0 Å². The van der Waals surface area contributed by atoms with Crippen LogP contribution in [0.4, 0.5) is 5.82 Å². The van der Waals surface area contributed by atoms with Crippen molar-refractivity contribution in [2.24, 2.45) is 11.5 Å². The third kappa shape index (κ3) is 5.62. The van der Waals surface area contributed by atoms with Crippen molar-refractivity contribution in [3.8, 4) is 11.5 Å². The normalized spacial score (nSPS) is 21.8. The molecule has 2 aromatic carbocycles. The first-order chi connectivity index (χ1) is 20.3. The number of benzene rings is 2. The zero-order chi connectivity index (χ0) is 29.9. The average Bonchev–Trinajstić information content (AvgIpc) is 3.55. The number of methoxy groups -OCH3 is 1. The number of nitrogens with zero attached hydrogens (tertiary/aromatic N) is 4. The molecule has 3 heterocycles. The quantitative estimate of drug-likeness (QED) is 0.146. The summed E-state index contributed by atoms with van der Waals surface area (Å²) in [6, 6.07) is 15.3. The lowest BCUT2D eigenvalue weighted by Gasteiger charge is -2.32. The lowest BCUT2D eigenvalue weighted by Crippen LogP contribution is -2.54. The Balaban J connectivity index is 1.30. The van der Waals surface area contributed by atoms with Gasteiger partial charge in [0.15, 0.2) is 17.0 Å². The molecule has 1 aliphatic heterocycles. The van der Waals surface area contributed by atoms with Gasteiger partial charge in [-0.25, -0.2) is 15.0 Å². The first-order valence-electron chi connectivity index (χ1n) is 13.1. The van der Waals surface area contributed by atoms with Gasteiger partial charge in [-0.15, -0.1) is 0 Å². The predicted molar refractivity (Wildman–Crippen MR) is 157 cm³/mol. The molecule has 14 heteroatoms. The summed E-state index contributed by atoms with van der Waals surface area (Å²) >= 11 is 5.27. The Morgan fingerprint density at radius 3 is 2.45 bits per heavy atom. The first kappa shape index (κ1) is 29.3. The van der Waals surface area contributed by atoms with Crippen molar-refractivity contribution >= 4 is 40.0 Å². The summed E-state index contributed by atoms with van der Waals surface area (Å²) in [5.74, 6) is 1.58. The largest absolute Gasteiger partial charge is 0.497 e. The van der Waals surface area contributed by atoms with Gasteiger partial charge in [-0.3, -0.25) is 9.36 Å². The first-order valence-corrected chi connectivity index (χ1v) is 13.5. The molecule has 0 bridgehead atoms. The third-order valence-corrected chi connectivity index (χ3v) is 7.38. The number of hydrogen-bond acceptors (Lipinski definition) is 12. The van der Waals surface area contributed by atoms with E-state index in [1.807, 2.05) is 48.5 Å². The molecule has 0 aliphatic carbocycles. The second kappa shape index (κ2) is 12.3. The van der Waals surface area contributed by atoms with Crippen molar-refractivity contribution in [3.63, 3.8) is 0 Å². The van der Waals surface area contributed by atoms with Crippen molar-refractivity contribution in [1.29, 1.82) is 0 Å². The molecule has 1 aliphatic rings. The molecule has 4 atom stereocenters. The van der Waals surface area contributed by atoms with Crippen LogP contribution in [-0.2, 0) is 28.4 Å². The predicted octanol–water partition coefficient (Wildman–Crippen LogP) is 1.00. The van der Waals surface area contributed by atoms with Gasteiger partial charge in [0.25, 0.3) is 0 Å². The number of ketones is 1. The van der Waals surface area contributed by atoms with E-state index in [4.69, 9.17) is 37.9 Å². The van der Waals surface area contributed by atoms with Gasteiger partial charge in [0.2, 0.25) is 5.72 Å². The number of hydrogen-bond donors (Lipinski definition) is 5. The number of aromatic nitrogens is 4. The number of Topliss-reactive ketones (excluding diaryl/α,β-unsaturated/α-hetero) is 1. The summed E-state index contributed by atoms with van der Waals surface area (Å²) in [7, 11) is 1.63. The van der Waals surface area contributed by atoms with Gasteiger partial charge >= 0.3 is 0 Å². The second-order valence-corrected chi connectivity index (χ2v) is 10.2. The Hall–Kier alpha value is -4.21. The number of carbonyl (C=O) groups excluding carboxylic acids is 1. The molecule has 1 fully saturated rings. The molecule has 0 saturated carbocycles. The number of imidazole rings is 1. The summed E-state index contributed by atoms with van der Waals surface area (Å²) < 4.78 is 18.4. The molecular formula is C28H31N7O6S. The maximum absolute atomic E-state index is 11.9. The Morgan fingerprint density at radius 2 is 1.79 bits per heavy atom. The van der Waals surface area contributed by atoms with E-state index in [0.29, 0.717) is 24.5 Å². The van der Waals surface area contributed by atoms with Gasteiger partial charge in [-0.05, 0) is 35.4 Å². The van der Waals surface area contributed by atoms with E-state index in [2.05, 4.69) is 20.3 Å². The van der Waals surface area contributed by atoms with Crippen molar-refractivity contribution in [2.45, 2.75) is 43.6 Å². The van der Waals surface area contributed by atoms with E-state index < -0.39 is 24.0 Å². The van der Waals surface area contributed by atoms with Crippen LogP contribution < -0.4 is 26.3 Å². The molecule has 220 valence electrons. The maximum Gasteiger partial charge on any atom is 0.228 e. The van der Waals surface area contributed by atoms with E-state index in [9.17, 15) is 15.0 Å². The molecule has 4 aromatic rings. The molecule has 0 radical (unpaired) electrons. The highest BCUT2D eigenvalue weighted by atomic mass is 32.1. The minimum atomic E-state index is -1.89. The Morgan fingerprint density at radius 1 is 1.10 bits per heavy atom. The van der Waals surface area contributed by atoms with Gasteiger partial charge in [0.1, 0.15) is 53.7 Å². The summed E-state index contributed by atoms with van der Waals surface area (Å²) in [6.07, 6.45) is -1.70. The second-order valence-electron chi connectivity index (χ2n) is 9.74. The summed E-state index contributed by atoms with van der Waals surface area (Å²) in [5, 5.41) is 24.9. The molecular weight excluding hydrogens is 562 g/mol. The van der Waals surface area contributed by atoms with Crippen molar-refractivity contribution < 1.29 is 29.2 Å². The number of thiocarbonyl (C=S) groups is 1. The molecule has 0 spiro atoms. The molecule has 5 rings (SSSR count). The summed E-state index contributed by atoms with van der Waals surface area (Å²) in [5.41, 5.74) is 12.2. The minimum Gasteiger partial charge on any atom is -0.497 e. The third-order valence-electron chi connectivity index (χ3n) is 7.09. The molecule has 13 nitrogen and oxygen atoms in total. The summed E-state index contributed by atoms with van der Waals surface area (Å²) in [6.45, 7) is 0.605. The van der Waals surface area contributed by atoms with Gasteiger partial charge in [0, 0.05) is 13.0 Å². The zero-order valence-electron chi connectivity index (χ0n) is 22.7. The number of carbonyl (C=O) groups is 1. The summed E-state index contributed by atoms with van der Waals surface area (Å²) in [4.78, 5) is 24.7. The molecule has 2 aromatic heterocycles. The van der Waals surface area contributed by atoms with E-state index in [0.717, 1.165) is 22.6 Å². The fourth-order valence-corrected chi connectivity index (χ4v) is 5.05. The van der Waals surface area contributed by atoms with Gasteiger partial charge in [0.05, 0.1) is 19.8 Å². The number of aliphatic hydroxyl groups excluding tert-OH is 2. The number of anilines is 1. The number of rotatable bonds is 12. The molecule has 1 saturated heterocycles. The highest BCUT2D eigenvalue weighted by Crippen LogP contribution is 2.39. The molecule has 42 heavy (non-hydrogen) atoms. The molecule has 0 amide bonds. The van der Waals surface area contributed by atoms with Crippen LogP contribution in [-0.4, -0.2) is 72.5 Å². The maximum atomic E-state index is 11.9. The Kier molecular flexibility index (Phi) is 8.61. The van der Waals surface area contributed by atoms with Crippen molar-refractivity contribution in [3.05, 3.63) is 72.3 Å². The SMILES string of the molecule is COc1ccc(COc2ccc(CNc3ncnc4c3ncn4[C@]3(C(N)=S)O[C@H](CC(=O)CN)[C@@H](O)[C@H]3O)cc2)cc1. The standard InChI is InChI=1S/C28H31N7O6S/c1-39-19-6-4-17(5-7-19)13-40-20-8-2-16(3-9-20)12-31-25-22-26(33-14-32-25)35(15-34-22)28(27(30)42)24(38)23(37)21(41-28)10-18(36)11-29/h2-9,14-15,21,23-24,37-38H,10-13,29H2,1H3,(H2,30,42)(H,31,32,33)/t21-,23-,24-,28+/m1/s1. The van der Waals surface area contributed by atoms with Gasteiger partial charge in [-0.1, -0.05) is 36.5 Å². The Labute approximate surface area is 246 Å². The van der Waals surface area contributed by atoms with Gasteiger partial charge in [-0.2, -0.15) is 0 Å². The van der Waals surface area contributed by atoms with Crippen LogP contribution >= 0.6 is 12.2 Å². The van der Waals surface area contributed by atoms with Crippen LogP contribution in [0.2, 0.25) is 0 Å². The lowest BCUT2D eigenvalue weighted by atomic mass is 10.00. The highest BCUT2D eigenvalue weighted by Gasteiger charge is 2.58. The fraction of sp³-hybridized carbons (Fsp3) is 0.321. The number of ether oxygens (including phenoxy) is 3. The van der Waals surface area contributed by atoms with E-state index in [1.54, 1.807) is 7.11 Å². The van der Waals surface area contributed by atoms with E-state index in [-0.39, 0.29) is 29.4 Å². The lowest BCUT2D eigenvalue weighted by molar-refractivity contribution is -0.124. The number of aliphatic hydroxyl groups is 2. The topological polar surface area (TPSA) is 193 Å². The monoisotopic (exact) mass is 593 g/mol.